The molecule has 2 atom stereocenters. The maximum atomic E-state index is 5.96. The Kier molecular flexibility index (Phi) is 5.93. The summed E-state index contributed by atoms with van der Waals surface area (Å²) < 4.78 is 17.4. The summed E-state index contributed by atoms with van der Waals surface area (Å²) in [6.45, 7) is 9.27. The lowest BCUT2D eigenvalue weighted by molar-refractivity contribution is -0.105. The Morgan fingerprint density at radius 1 is 1.14 bits per heavy atom. The first-order valence-corrected chi connectivity index (χ1v) is 8.54. The third-order valence-electron chi connectivity index (χ3n) is 4.33. The van der Waals surface area contributed by atoms with Gasteiger partial charge in [0.1, 0.15) is 5.75 Å². The van der Waals surface area contributed by atoms with Gasteiger partial charge < -0.3 is 14.1 Å². The van der Waals surface area contributed by atoms with Crippen LogP contribution in [0.4, 0.5) is 0 Å². The maximum Gasteiger partial charge on any atom is 0.330 e. The first-order chi connectivity index (χ1) is 10.3. The van der Waals surface area contributed by atoms with Crippen LogP contribution in [0.25, 0.3) is 0 Å². The van der Waals surface area contributed by atoms with Crippen LogP contribution in [0.2, 0.25) is 0 Å². The number of benzene rings is 1. The molecule has 121 valence electrons. The van der Waals surface area contributed by atoms with Crippen molar-refractivity contribution in [3.05, 3.63) is 24.3 Å². The molecule has 1 aliphatic heterocycles. The zero-order valence-electron chi connectivity index (χ0n) is 14.1. The molecule has 0 amide bonds. The van der Waals surface area contributed by atoms with Gasteiger partial charge in [0, 0.05) is 11.6 Å². The van der Waals surface area contributed by atoms with E-state index in [1.807, 2.05) is 31.7 Å². The molecule has 1 saturated heterocycles. The van der Waals surface area contributed by atoms with Crippen molar-refractivity contribution in [1.82, 2.24) is 0 Å². The predicted octanol–water partition coefficient (Wildman–Crippen LogP) is 3.29. The second-order valence-electron chi connectivity index (χ2n) is 6.95. The molecular weight excluding hydrogens is 294 g/mol. The van der Waals surface area contributed by atoms with Gasteiger partial charge in [0.2, 0.25) is 0 Å². The van der Waals surface area contributed by atoms with Gasteiger partial charge in [-0.3, -0.25) is 0 Å². The third kappa shape index (κ3) is 4.98. The van der Waals surface area contributed by atoms with E-state index in [1.54, 1.807) is 0 Å². The van der Waals surface area contributed by atoms with Gasteiger partial charge in [-0.25, -0.2) is 0 Å². The van der Waals surface area contributed by atoms with Crippen LogP contribution in [0, 0.1) is 0 Å². The van der Waals surface area contributed by atoms with Gasteiger partial charge >= 0.3 is 7.48 Å². The number of hydrogen-bond donors (Lipinski definition) is 0. The van der Waals surface area contributed by atoms with Gasteiger partial charge in [-0.1, -0.05) is 31.4 Å². The number of rotatable bonds is 6. The Bertz CT molecular complexity index is 462. The second-order valence-corrected chi connectivity index (χ2v) is 8.39. The fourth-order valence-corrected chi connectivity index (χ4v) is 2.02. The molecule has 2 rings (SSSR count). The molecule has 1 aromatic carbocycles. The molecule has 3 nitrogen and oxygen atoms in total. The third-order valence-corrected chi connectivity index (χ3v) is 5.02. The molecule has 0 aromatic heterocycles. The average molecular weight is 321 g/mol. The summed E-state index contributed by atoms with van der Waals surface area (Å²) in [5, 5.41) is -0.00905. The zero-order valence-corrected chi connectivity index (χ0v) is 15.2. The number of hydrogen-bond acceptors (Lipinski definition) is 3. The van der Waals surface area contributed by atoms with E-state index in [0.717, 1.165) is 30.7 Å². The van der Waals surface area contributed by atoms with E-state index in [1.165, 1.54) is 6.42 Å². The normalized spacial score (nSPS) is 19.8. The SMILES string of the molecule is CC(C)(P)C(C)(C)O[B]c1ccc(OC2CCCCO2)cc1. The standard InChI is InChI=1S/C17H27BO3P/c1-16(2,17(3,4)22)21-18-13-8-10-14(11-9-13)20-15-7-5-6-12-19-15/h8-11,15H,5-7,12,22H2,1-4H3. The van der Waals surface area contributed by atoms with Crippen LogP contribution in [0.1, 0.15) is 47.0 Å². The Hall–Kier alpha value is -0.565. The van der Waals surface area contributed by atoms with Crippen LogP contribution in [0.3, 0.4) is 0 Å². The van der Waals surface area contributed by atoms with Crippen molar-refractivity contribution < 1.29 is 14.1 Å². The van der Waals surface area contributed by atoms with Gasteiger partial charge in [0.15, 0.2) is 6.29 Å². The van der Waals surface area contributed by atoms with Gasteiger partial charge in [-0.15, -0.1) is 9.24 Å². The highest BCUT2D eigenvalue weighted by molar-refractivity contribution is 7.19. The first kappa shape index (κ1) is 17.8. The van der Waals surface area contributed by atoms with Crippen LogP contribution in [0.5, 0.6) is 5.75 Å². The van der Waals surface area contributed by atoms with E-state index in [-0.39, 0.29) is 17.0 Å². The molecule has 1 aromatic rings. The Morgan fingerprint density at radius 2 is 1.82 bits per heavy atom. The molecule has 1 aliphatic rings. The molecule has 1 fully saturated rings. The molecule has 22 heavy (non-hydrogen) atoms. The van der Waals surface area contributed by atoms with Crippen LogP contribution in [0.15, 0.2) is 24.3 Å². The predicted molar refractivity (Wildman–Crippen MR) is 95.0 cm³/mol. The molecule has 0 saturated carbocycles. The minimum atomic E-state index is -0.261. The van der Waals surface area contributed by atoms with Crippen molar-refractivity contribution in [3.8, 4) is 5.75 Å². The van der Waals surface area contributed by atoms with Crippen molar-refractivity contribution in [2.24, 2.45) is 0 Å². The Labute approximate surface area is 137 Å². The molecule has 1 radical (unpaired) electrons. The summed E-state index contributed by atoms with van der Waals surface area (Å²) in [4.78, 5) is 0. The lowest BCUT2D eigenvalue weighted by Gasteiger charge is -2.39. The number of ether oxygens (including phenoxy) is 2. The smallest absolute Gasteiger partial charge is 0.330 e. The lowest BCUT2D eigenvalue weighted by Crippen LogP contribution is -2.45. The summed E-state index contributed by atoms with van der Waals surface area (Å²) in [6, 6.07) is 7.94. The monoisotopic (exact) mass is 321 g/mol. The van der Waals surface area contributed by atoms with Crippen molar-refractivity contribution in [2.75, 3.05) is 6.61 Å². The minimum absolute atomic E-state index is 0.00905. The second kappa shape index (κ2) is 7.34. The van der Waals surface area contributed by atoms with E-state index in [2.05, 4.69) is 36.9 Å². The van der Waals surface area contributed by atoms with E-state index >= 15 is 0 Å². The topological polar surface area (TPSA) is 27.7 Å². The average Bonchev–Trinajstić information content (AvgIpc) is 2.46. The minimum Gasteiger partial charge on any atom is -0.465 e. The molecule has 0 aliphatic carbocycles. The maximum absolute atomic E-state index is 5.96. The summed E-state index contributed by atoms with van der Waals surface area (Å²) in [6.07, 6.45) is 3.17. The molecule has 0 spiro atoms. The van der Waals surface area contributed by atoms with Crippen LogP contribution >= 0.6 is 9.24 Å². The molecule has 0 bridgehead atoms. The largest absolute Gasteiger partial charge is 0.465 e. The molecule has 5 heteroatoms. The highest BCUT2D eigenvalue weighted by atomic mass is 31.0. The van der Waals surface area contributed by atoms with E-state index < -0.39 is 0 Å². The van der Waals surface area contributed by atoms with Crippen molar-refractivity contribution in [1.29, 1.82) is 0 Å². The quantitative estimate of drug-likeness (QED) is 0.594. The summed E-state index contributed by atoms with van der Waals surface area (Å²) in [5.41, 5.74) is 0.766. The van der Waals surface area contributed by atoms with Gasteiger partial charge in [-0.2, -0.15) is 0 Å². The van der Waals surface area contributed by atoms with Gasteiger partial charge in [0.25, 0.3) is 0 Å². The fraction of sp³-hybridized carbons (Fsp3) is 0.647. The summed E-state index contributed by atoms with van der Waals surface area (Å²) in [7, 11) is 4.65. The lowest BCUT2D eigenvalue weighted by atomic mass is 9.84. The van der Waals surface area contributed by atoms with E-state index in [9.17, 15) is 0 Å². The van der Waals surface area contributed by atoms with Crippen LogP contribution < -0.4 is 10.2 Å². The fourth-order valence-electron chi connectivity index (χ4n) is 1.95. The highest BCUT2D eigenvalue weighted by Gasteiger charge is 2.33. The summed E-state index contributed by atoms with van der Waals surface area (Å²) >= 11 is 0. The first-order valence-electron chi connectivity index (χ1n) is 7.96. The van der Waals surface area contributed by atoms with Gasteiger partial charge in [0.05, 0.1) is 12.2 Å². The van der Waals surface area contributed by atoms with E-state index in [0.29, 0.717) is 0 Å². The molecular formula is C17H27BO3P. The summed E-state index contributed by atoms with van der Waals surface area (Å²) in [5.74, 6) is 0.842. The molecule has 2 unspecified atom stereocenters. The Balaban J connectivity index is 1.86. The zero-order chi connectivity index (χ0) is 16.2. The van der Waals surface area contributed by atoms with Crippen molar-refractivity contribution >= 4 is 22.2 Å². The van der Waals surface area contributed by atoms with Crippen molar-refractivity contribution in [2.45, 2.75) is 64.0 Å². The molecule has 1 heterocycles. The van der Waals surface area contributed by atoms with Gasteiger partial charge in [-0.05, 0) is 38.8 Å². The molecule has 0 N–H and O–H groups in total. The highest BCUT2D eigenvalue weighted by Crippen LogP contribution is 2.33. The Morgan fingerprint density at radius 3 is 2.36 bits per heavy atom. The van der Waals surface area contributed by atoms with E-state index in [4.69, 9.17) is 14.1 Å². The van der Waals surface area contributed by atoms with Crippen molar-refractivity contribution in [3.63, 3.8) is 0 Å². The van der Waals surface area contributed by atoms with Crippen LogP contribution in [-0.4, -0.2) is 31.1 Å². The van der Waals surface area contributed by atoms with Crippen LogP contribution in [-0.2, 0) is 9.39 Å².